The number of pyridine rings is 2. The second kappa shape index (κ2) is 5.79. The molecular weight excluding hydrogens is 326 g/mol. The average molecular weight is 336 g/mol. The summed E-state index contributed by atoms with van der Waals surface area (Å²) in [6, 6.07) is 4.47. The van der Waals surface area contributed by atoms with Gasteiger partial charge in [-0.2, -0.15) is 0 Å². The zero-order valence-corrected chi connectivity index (χ0v) is 12.0. The smallest absolute Gasteiger partial charge is 0.354 e. The van der Waals surface area contributed by atoms with Crippen molar-refractivity contribution < 1.29 is 14.7 Å². The first kappa shape index (κ1) is 14.1. The van der Waals surface area contributed by atoms with Crippen LogP contribution in [0.2, 0.25) is 0 Å². The molecule has 2 heterocycles. The van der Waals surface area contributed by atoms with E-state index in [-0.39, 0.29) is 11.3 Å². The minimum Gasteiger partial charge on any atom is -0.477 e. The molecule has 0 atom stereocenters. The van der Waals surface area contributed by atoms with Crippen molar-refractivity contribution in [3.63, 3.8) is 0 Å². The van der Waals surface area contributed by atoms with Crippen LogP contribution in [-0.4, -0.2) is 27.0 Å². The maximum absolute atomic E-state index is 12.0. The van der Waals surface area contributed by atoms with Crippen molar-refractivity contribution in [2.24, 2.45) is 0 Å². The van der Waals surface area contributed by atoms with E-state index in [0.717, 1.165) is 10.0 Å². The summed E-state index contributed by atoms with van der Waals surface area (Å²) in [4.78, 5) is 30.6. The lowest BCUT2D eigenvalue weighted by Crippen LogP contribution is -2.15. The third-order valence-electron chi connectivity index (χ3n) is 2.52. The van der Waals surface area contributed by atoms with E-state index in [4.69, 9.17) is 5.11 Å². The number of amides is 1. The average Bonchev–Trinajstić information content (AvgIpc) is 2.42. The van der Waals surface area contributed by atoms with Crippen molar-refractivity contribution >= 4 is 33.6 Å². The molecule has 0 fully saturated rings. The number of aromatic nitrogens is 2. The van der Waals surface area contributed by atoms with Crippen LogP contribution in [0.5, 0.6) is 0 Å². The van der Waals surface area contributed by atoms with Crippen LogP contribution in [0.15, 0.2) is 35.1 Å². The molecule has 20 heavy (non-hydrogen) atoms. The normalized spacial score (nSPS) is 10.1. The first-order valence-electron chi connectivity index (χ1n) is 5.60. The van der Waals surface area contributed by atoms with Crippen LogP contribution < -0.4 is 5.32 Å². The third kappa shape index (κ3) is 3.18. The first-order chi connectivity index (χ1) is 9.47. The molecule has 0 radical (unpaired) electrons. The Kier molecular flexibility index (Phi) is 4.09. The van der Waals surface area contributed by atoms with Gasteiger partial charge in [0.2, 0.25) is 0 Å². The summed E-state index contributed by atoms with van der Waals surface area (Å²) in [6.07, 6.45) is 2.85. The molecule has 0 aliphatic carbocycles. The van der Waals surface area contributed by atoms with Crippen LogP contribution in [0, 0.1) is 6.92 Å². The number of nitrogens with one attached hydrogen (secondary N) is 1. The van der Waals surface area contributed by atoms with Crippen molar-refractivity contribution in [1.29, 1.82) is 0 Å². The number of carbonyl (C=O) groups is 2. The Morgan fingerprint density at radius 1 is 1.30 bits per heavy atom. The number of nitrogens with zero attached hydrogens (tertiary/aromatic N) is 2. The molecule has 0 aliphatic rings. The minimum atomic E-state index is -1.18. The van der Waals surface area contributed by atoms with Crippen molar-refractivity contribution in [1.82, 2.24) is 9.97 Å². The van der Waals surface area contributed by atoms with Crippen LogP contribution in [0.4, 0.5) is 5.82 Å². The molecule has 0 bridgehead atoms. The maximum Gasteiger partial charge on any atom is 0.354 e. The molecular formula is C13H10BrN3O3. The number of hydrogen-bond donors (Lipinski definition) is 2. The summed E-state index contributed by atoms with van der Waals surface area (Å²) in [7, 11) is 0. The van der Waals surface area contributed by atoms with E-state index >= 15 is 0 Å². The van der Waals surface area contributed by atoms with Crippen molar-refractivity contribution in [3.8, 4) is 0 Å². The number of rotatable bonds is 3. The molecule has 2 rings (SSSR count). The van der Waals surface area contributed by atoms with E-state index in [2.05, 4.69) is 31.2 Å². The van der Waals surface area contributed by atoms with Gasteiger partial charge in [-0.15, -0.1) is 0 Å². The second-order valence-corrected chi connectivity index (χ2v) is 4.92. The monoisotopic (exact) mass is 335 g/mol. The van der Waals surface area contributed by atoms with E-state index < -0.39 is 11.9 Å². The maximum atomic E-state index is 12.0. The van der Waals surface area contributed by atoms with E-state index in [0.29, 0.717) is 5.82 Å². The lowest BCUT2D eigenvalue weighted by atomic mass is 10.2. The van der Waals surface area contributed by atoms with E-state index in [1.165, 1.54) is 18.3 Å². The summed E-state index contributed by atoms with van der Waals surface area (Å²) in [5.41, 5.74) is 0.819. The second-order valence-electron chi connectivity index (χ2n) is 4.01. The lowest BCUT2D eigenvalue weighted by molar-refractivity contribution is 0.0690. The number of aromatic carboxylic acids is 1. The summed E-state index contributed by atoms with van der Waals surface area (Å²) in [5.74, 6) is -1.20. The molecule has 0 spiro atoms. The Hall–Kier alpha value is -2.28. The lowest BCUT2D eigenvalue weighted by Gasteiger charge is -2.07. The molecule has 2 N–H and O–H groups in total. The summed E-state index contributed by atoms with van der Waals surface area (Å²) < 4.78 is 0.810. The molecule has 2 aromatic rings. The Balaban J connectivity index is 2.24. The fraction of sp³-hybridized carbons (Fsp3) is 0.0769. The Morgan fingerprint density at radius 2 is 2.05 bits per heavy atom. The SMILES string of the molecule is Cc1cc(Br)cnc1NC(=O)c1ccnc(C(=O)O)c1. The Labute approximate surface area is 123 Å². The van der Waals surface area contributed by atoms with Gasteiger partial charge >= 0.3 is 5.97 Å². The van der Waals surface area contributed by atoms with Crippen LogP contribution in [0.1, 0.15) is 26.4 Å². The molecule has 0 aromatic carbocycles. The van der Waals surface area contributed by atoms with Gasteiger partial charge in [0.1, 0.15) is 11.5 Å². The zero-order chi connectivity index (χ0) is 14.7. The largest absolute Gasteiger partial charge is 0.477 e. The molecule has 0 unspecified atom stereocenters. The van der Waals surface area contributed by atoms with Gasteiger partial charge in [-0.1, -0.05) is 0 Å². The predicted molar refractivity (Wildman–Crippen MR) is 75.8 cm³/mol. The van der Waals surface area contributed by atoms with Crippen molar-refractivity contribution in [2.45, 2.75) is 6.92 Å². The van der Waals surface area contributed by atoms with Crippen LogP contribution in [-0.2, 0) is 0 Å². The molecule has 0 saturated heterocycles. The van der Waals surface area contributed by atoms with Gasteiger partial charge in [-0.3, -0.25) is 4.79 Å². The first-order valence-corrected chi connectivity index (χ1v) is 6.39. The Bertz CT molecular complexity index is 688. The summed E-state index contributed by atoms with van der Waals surface area (Å²) in [5, 5.41) is 11.5. The minimum absolute atomic E-state index is 0.182. The number of carbonyl (C=O) groups excluding carboxylic acids is 1. The Morgan fingerprint density at radius 3 is 2.70 bits per heavy atom. The van der Waals surface area contributed by atoms with E-state index in [1.54, 1.807) is 6.20 Å². The quantitative estimate of drug-likeness (QED) is 0.898. The highest BCUT2D eigenvalue weighted by Gasteiger charge is 2.12. The summed E-state index contributed by atoms with van der Waals surface area (Å²) in [6.45, 7) is 1.81. The van der Waals surface area contributed by atoms with Gasteiger partial charge < -0.3 is 10.4 Å². The van der Waals surface area contributed by atoms with Gasteiger partial charge in [0.15, 0.2) is 0 Å². The topological polar surface area (TPSA) is 92.2 Å². The number of aryl methyl sites for hydroxylation is 1. The highest BCUT2D eigenvalue weighted by molar-refractivity contribution is 9.10. The molecule has 0 aliphatic heterocycles. The highest BCUT2D eigenvalue weighted by atomic mass is 79.9. The molecule has 6 nitrogen and oxygen atoms in total. The van der Waals surface area contributed by atoms with Gasteiger partial charge in [-0.05, 0) is 46.6 Å². The van der Waals surface area contributed by atoms with Gasteiger partial charge in [0.05, 0.1) is 0 Å². The standard InChI is InChI=1S/C13H10BrN3O3/c1-7-4-9(14)6-16-11(7)17-12(18)8-2-3-15-10(5-8)13(19)20/h2-6H,1H3,(H,19,20)(H,16,17,18). The molecule has 0 saturated carbocycles. The molecule has 1 amide bonds. The van der Waals surface area contributed by atoms with Gasteiger partial charge in [0.25, 0.3) is 5.91 Å². The van der Waals surface area contributed by atoms with Crippen molar-refractivity contribution in [3.05, 3.63) is 51.9 Å². The number of anilines is 1. The zero-order valence-electron chi connectivity index (χ0n) is 10.4. The fourth-order valence-electron chi connectivity index (χ4n) is 1.54. The molecule has 102 valence electrons. The number of hydrogen-bond acceptors (Lipinski definition) is 4. The van der Waals surface area contributed by atoms with Gasteiger partial charge in [0, 0.05) is 22.4 Å². The molecule has 2 aromatic heterocycles. The van der Waals surface area contributed by atoms with E-state index in [9.17, 15) is 9.59 Å². The summed E-state index contributed by atoms with van der Waals surface area (Å²) >= 11 is 3.28. The van der Waals surface area contributed by atoms with Crippen LogP contribution in [0.25, 0.3) is 0 Å². The molecule has 7 heteroatoms. The predicted octanol–water partition coefficient (Wildman–Crippen LogP) is 2.50. The van der Waals surface area contributed by atoms with Crippen LogP contribution >= 0.6 is 15.9 Å². The number of carboxylic acids is 1. The number of carboxylic acid groups (broad SMARTS) is 1. The number of halogens is 1. The van der Waals surface area contributed by atoms with Crippen LogP contribution in [0.3, 0.4) is 0 Å². The third-order valence-corrected chi connectivity index (χ3v) is 2.95. The fourth-order valence-corrected chi connectivity index (χ4v) is 1.99. The van der Waals surface area contributed by atoms with Gasteiger partial charge in [-0.25, -0.2) is 14.8 Å². The van der Waals surface area contributed by atoms with E-state index in [1.807, 2.05) is 13.0 Å². The van der Waals surface area contributed by atoms with Crippen molar-refractivity contribution in [2.75, 3.05) is 5.32 Å². The highest BCUT2D eigenvalue weighted by Crippen LogP contribution is 2.17.